The average Bonchev–Trinajstić information content (AvgIpc) is 2.82. The Kier molecular flexibility index (Phi) is 4.01. The number of pyridine rings is 1. The van der Waals surface area contributed by atoms with Crippen LogP contribution in [0.15, 0.2) is 18.3 Å². The van der Waals surface area contributed by atoms with Crippen LogP contribution in [-0.4, -0.2) is 10.9 Å². The molecule has 1 amide bonds. The summed E-state index contributed by atoms with van der Waals surface area (Å²) in [6, 6.07) is 3.81. The summed E-state index contributed by atoms with van der Waals surface area (Å²) < 4.78 is 1.08. The maximum Gasteiger partial charge on any atom is 0.231 e. The molecule has 0 unspecified atom stereocenters. The summed E-state index contributed by atoms with van der Waals surface area (Å²) in [4.78, 5) is 16.5. The van der Waals surface area contributed by atoms with Crippen molar-refractivity contribution in [2.75, 3.05) is 5.32 Å². The van der Waals surface area contributed by atoms with E-state index in [1.54, 1.807) is 6.20 Å². The third-order valence-corrected chi connectivity index (χ3v) is 4.33. The van der Waals surface area contributed by atoms with Crippen LogP contribution in [0.3, 0.4) is 0 Å². The van der Waals surface area contributed by atoms with E-state index in [2.05, 4.69) is 39.8 Å². The number of halogens is 1. The molecule has 0 spiro atoms. The van der Waals surface area contributed by atoms with Crippen molar-refractivity contribution >= 4 is 34.3 Å². The Balaban J connectivity index is 2.08. The lowest BCUT2D eigenvalue weighted by atomic mass is 9.82. The highest BCUT2D eigenvalue weighted by Crippen LogP contribution is 2.41. The summed E-state index contributed by atoms with van der Waals surface area (Å²) in [5.74, 6) is 0.807. The van der Waals surface area contributed by atoms with Crippen LogP contribution in [-0.2, 0) is 4.79 Å². The summed E-state index contributed by atoms with van der Waals surface area (Å²) in [5.41, 5.74) is -0.148. The van der Waals surface area contributed by atoms with Gasteiger partial charge in [0.2, 0.25) is 5.91 Å². The molecule has 2 rings (SSSR count). The Morgan fingerprint density at radius 1 is 1.47 bits per heavy atom. The van der Waals surface area contributed by atoms with Crippen LogP contribution in [0.25, 0.3) is 0 Å². The highest BCUT2D eigenvalue weighted by atomic mass is 127. The van der Waals surface area contributed by atoms with Gasteiger partial charge in [-0.05, 0) is 54.0 Å². The Bertz CT molecular complexity index is 396. The van der Waals surface area contributed by atoms with E-state index in [4.69, 9.17) is 0 Å². The fourth-order valence-corrected chi connectivity index (χ4v) is 2.81. The number of aromatic nitrogens is 1. The zero-order chi connectivity index (χ0) is 12.3. The van der Waals surface area contributed by atoms with Crippen molar-refractivity contribution in [2.45, 2.75) is 39.0 Å². The first-order valence-corrected chi connectivity index (χ1v) is 7.17. The largest absolute Gasteiger partial charge is 0.310 e. The van der Waals surface area contributed by atoms with Crippen molar-refractivity contribution in [1.82, 2.24) is 4.98 Å². The molecule has 3 nitrogen and oxygen atoms in total. The molecular formula is C13H17IN2O. The van der Waals surface area contributed by atoms with E-state index >= 15 is 0 Å². The molecule has 17 heavy (non-hydrogen) atoms. The highest BCUT2D eigenvalue weighted by Gasteiger charge is 2.39. The van der Waals surface area contributed by atoms with Crippen molar-refractivity contribution in [3.05, 3.63) is 21.9 Å². The molecule has 1 aromatic heterocycles. The SMILES string of the molecule is CCC1(C(=O)Nc2ccc(I)cn2)CCCC1. The van der Waals surface area contributed by atoms with E-state index in [1.165, 1.54) is 12.8 Å². The summed E-state index contributed by atoms with van der Waals surface area (Å²) in [6.45, 7) is 2.10. The van der Waals surface area contributed by atoms with Gasteiger partial charge < -0.3 is 5.32 Å². The fourth-order valence-electron chi connectivity index (χ4n) is 2.49. The monoisotopic (exact) mass is 344 g/mol. The molecule has 0 atom stereocenters. The van der Waals surface area contributed by atoms with Gasteiger partial charge in [-0.25, -0.2) is 4.98 Å². The number of hydrogen-bond acceptors (Lipinski definition) is 2. The molecule has 1 aliphatic rings. The first kappa shape index (κ1) is 12.8. The van der Waals surface area contributed by atoms with E-state index in [9.17, 15) is 4.79 Å². The van der Waals surface area contributed by atoms with Gasteiger partial charge in [0, 0.05) is 15.2 Å². The van der Waals surface area contributed by atoms with Crippen LogP contribution in [0.4, 0.5) is 5.82 Å². The van der Waals surface area contributed by atoms with E-state index in [1.807, 2.05) is 12.1 Å². The highest BCUT2D eigenvalue weighted by molar-refractivity contribution is 14.1. The molecule has 1 aromatic rings. The molecule has 0 bridgehead atoms. The summed E-state index contributed by atoms with van der Waals surface area (Å²) in [7, 11) is 0. The second-order valence-corrected chi connectivity index (χ2v) is 5.90. The minimum absolute atomic E-state index is 0.145. The quantitative estimate of drug-likeness (QED) is 0.852. The number of anilines is 1. The molecule has 0 aromatic carbocycles. The third kappa shape index (κ3) is 2.78. The minimum Gasteiger partial charge on any atom is -0.310 e. The van der Waals surface area contributed by atoms with Gasteiger partial charge in [-0.2, -0.15) is 0 Å². The van der Waals surface area contributed by atoms with Crippen LogP contribution in [0.2, 0.25) is 0 Å². The van der Waals surface area contributed by atoms with Crippen molar-refractivity contribution < 1.29 is 4.79 Å². The lowest BCUT2D eigenvalue weighted by Crippen LogP contribution is -2.33. The van der Waals surface area contributed by atoms with Gasteiger partial charge in [-0.15, -0.1) is 0 Å². The molecule has 1 aliphatic carbocycles. The van der Waals surface area contributed by atoms with Gasteiger partial charge in [-0.1, -0.05) is 19.8 Å². The summed E-state index contributed by atoms with van der Waals surface area (Å²) in [6.07, 6.45) is 7.05. The molecule has 0 aliphatic heterocycles. The van der Waals surface area contributed by atoms with Crippen molar-refractivity contribution in [1.29, 1.82) is 0 Å². The predicted octanol–water partition coefficient (Wildman–Crippen LogP) is 3.60. The third-order valence-electron chi connectivity index (χ3n) is 3.69. The van der Waals surface area contributed by atoms with Crippen LogP contribution in [0.1, 0.15) is 39.0 Å². The average molecular weight is 344 g/mol. The number of rotatable bonds is 3. The van der Waals surface area contributed by atoms with Crippen LogP contribution in [0, 0.1) is 8.99 Å². The normalized spacial score (nSPS) is 18.0. The van der Waals surface area contributed by atoms with Gasteiger partial charge in [0.1, 0.15) is 5.82 Å². The molecule has 4 heteroatoms. The topological polar surface area (TPSA) is 42.0 Å². The maximum absolute atomic E-state index is 12.3. The standard InChI is InChI=1S/C13H17IN2O/c1-2-13(7-3-4-8-13)12(17)16-11-6-5-10(14)9-15-11/h5-6,9H,2-4,7-8H2,1H3,(H,15,16,17). The zero-order valence-corrected chi connectivity index (χ0v) is 12.2. The molecule has 0 saturated heterocycles. The van der Waals surface area contributed by atoms with Gasteiger partial charge in [0.15, 0.2) is 0 Å². The number of carbonyl (C=O) groups is 1. The lowest BCUT2D eigenvalue weighted by molar-refractivity contribution is -0.125. The Morgan fingerprint density at radius 2 is 2.18 bits per heavy atom. The Morgan fingerprint density at radius 3 is 2.71 bits per heavy atom. The summed E-state index contributed by atoms with van der Waals surface area (Å²) >= 11 is 2.20. The maximum atomic E-state index is 12.3. The minimum atomic E-state index is -0.148. The van der Waals surface area contributed by atoms with Crippen molar-refractivity contribution in [3.63, 3.8) is 0 Å². The van der Waals surface area contributed by atoms with Crippen LogP contribution in [0.5, 0.6) is 0 Å². The number of hydrogen-bond donors (Lipinski definition) is 1. The summed E-state index contributed by atoms with van der Waals surface area (Å²) in [5, 5.41) is 2.95. The first-order valence-electron chi connectivity index (χ1n) is 6.09. The van der Waals surface area contributed by atoms with Gasteiger partial charge in [-0.3, -0.25) is 4.79 Å². The van der Waals surface area contributed by atoms with Gasteiger partial charge in [0.25, 0.3) is 0 Å². The van der Waals surface area contributed by atoms with E-state index in [0.29, 0.717) is 5.82 Å². The molecule has 1 saturated carbocycles. The second-order valence-electron chi connectivity index (χ2n) is 4.66. The Labute approximate surface area is 116 Å². The van der Waals surface area contributed by atoms with Crippen molar-refractivity contribution in [2.24, 2.45) is 5.41 Å². The zero-order valence-electron chi connectivity index (χ0n) is 10.0. The number of nitrogens with zero attached hydrogens (tertiary/aromatic N) is 1. The molecule has 92 valence electrons. The van der Waals surface area contributed by atoms with E-state index in [-0.39, 0.29) is 11.3 Å². The number of amides is 1. The second kappa shape index (κ2) is 5.33. The molecule has 0 radical (unpaired) electrons. The fraction of sp³-hybridized carbons (Fsp3) is 0.538. The van der Waals surface area contributed by atoms with Crippen molar-refractivity contribution in [3.8, 4) is 0 Å². The van der Waals surface area contributed by atoms with Gasteiger partial charge >= 0.3 is 0 Å². The predicted molar refractivity (Wildman–Crippen MR) is 76.8 cm³/mol. The molecule has 1 N–H and O–H groups in total. The van der Waals surface area contributed by atoms with Crippen LogP contribution >= 0.6 is 22.6 Å². The smallest absolute Gasteiger partial charge is 0.231 e. The van der Waals surface area contributed by atoms with E-state index in [0.717, 1.165) is 22.8 Å². The molecule has 1 heterocycles. The number of carbonyl (C=O) groups excluding carboxylic acids is 1. The molecule has 1 fully saturated rings. The van der Waals surface area contributed by atoms with E-state index < -0.39 is 0 Å². The van der Waals surface area contributed by atoms with Gasteiger partial charge in [0.05, 0.1) is 0 Å². The number of nitrogens with one attached hydrogen (secondary N) is 1. The molecular weight excluding hydrogens is 327 g/mol. The lowest BCUT2D eigenvalue weighted by Gasteiger charge is -2.25. The van der Waals surface area contributed by atoms with Crippen LogP contribution < -0.4 is 5.32 Å². The first-order chi connectivity index (χ1) is 8.16. The Hall–Kier alpha value is -0.650.